The molecule has 35 heavy (non-hydrogen) atoms. The zero-order valence-corrected chi connectivity index (χ0v) is 18.1. The number of nitro benzene ring substituents is 2. The van der Waals surface area contributed by atoms with E-state index in [0.717, 1.165) is 55.1 Å². The molecule has 0 saturated heterocycles. The van der Waals surface area contributed by atoms with Crippen LogP contribution in [0.2, 0.25) is 0 Å². The number of hydrogen-bond acceptors (Lipinski definition) is 5. The topological polar surface area (TPSA) is 115 Å². The lowest BCUT2D eigenvalue weighted by Crippen LogP contribution is -1.93. The van der Waals surface area contributed by atoms with Crippen LogP contribution in [0.5, 0.6) is 0 Å². The van der Waals surface area contributed by atoms with Gasteiger partial charge in [-0.2, -0.15) is 0 Å². The fourth-order valence-corrected chi connectivity index (χ4v) is 4.56. The Morgan fingerprint density at radius 3 is 1.94 bits per heavy atom. The molecule has 0 fully saturated rings. The monoisotopic (exact) mass is 460 g/mol. The summed E-state index contributed by atoms with van der Waals surface area (Å²) in [4.78, 5) is 29.7. The third-order valence-electron chi connectivity index (χ3n) is 6.20. The maximum absolute atomic E-state index is 11.2. The minimum atomic E-state index is -0.430. The number of para-hydroxylation sites is 1. The summed E-state index contributed by atoms with van der Waals surface area (Å²) >= 11 is 0. The second kappa shape index (κ2) is 7.74. The SMILES string of the molecule is O=[N+]([O-])c1ccc(-c2cc(-c3ccc([N+](=O)[O-])cc3)c3c(ccc4nc5ccccc5c43)[nH]2)cc1. The normalized spacial score (nSPS) is 11.3. The van der Waals surface area contributed by atoms with Crippen molar-refractivity contribution in [3.8, 4) is 22.4 Å². The van der Waals surface area contributed by atoms with Crippen molar-refractivity contribution in [1.29, 1.82) is 0 Å². The number of pyridine rings is 1. The zero-order valence-electron chi connectivity index (χ0n) is 18.1. The van der Waals surface area contributed by atoms with Gasteiger partial charge in [-0.3, -0.25) is 20.2 Å². The van der Waals surface area contributed by atoms with Gasteiger partial charge in [-0.15, -0.1) is 0 Å². The van der Waals surface area contributed by atoms with E-state index in [1.165, 1.54) is 24.3 Å². The molecule has 0 aliphatic carbocycles. The fraction of sp³-hybridized carbons (Fsp3) is 0. The highest BCUT2D eigenvalue weighted by molar-refractivity contribution is 6.23. The molecule has 2 heterocycles. The number of nitrogens with one attached hydrogen (secondary N) is 1. The van der Waals surface area contributed by atoms with Crippen LogP contribution < -0.4 is 0 Å². The highest BCUT2D eigenvalue weighted by atomic mass is 16.6. The molecule has 0 spiro atoms. The first-order valence-electron chi connectivity index (χ1n) is 10.8. The van der Waals surface area contributed by atoms with Gasteiger partial charge in [0.25, 0.3) is 11.4 Å². The first kappa shape index (κ1) is 20.5. The summed E-state index contributed by atoms with van der Waals surface area (Å²) in [6.45, 7) is 0. The smallest absolute Gasteiger partial charge is 0.269 e. The van der Waals surface area contributed by atoms with E-state index in [-0.39, 0.29) is 11.4 Å². The van der Waals surface area contributed by atoms with Gasteiger partial charge >= 0.3 is 0 Å². The average molecular weight is 460 g/mol. The molecule has 1 N–H and O–H groups in total. The maximum atomic E-state index is 11.2. The first-order valence-corrected chi connectivity index (χ1v) is 10.8. The van der Waals surface area contributed by atoms with E-state index >= 15 is 0 Å². The van der Waals surface area contributed by atoms with Crippen LogP contribution in [-0.4, -0.2) is 19.8 Å². The third kappa shape index (κ3) is 3.36. The van der Waals surface area contributed by atoms with Gasteiger partial charge in [0, 0.05) is 51.6 Å². The lowest BCUT2D eigenvalue weighted by molar-refractivity contribution is -0.385. The minimum Gasteiger partial charge on any atom is -0.354 e. The van der Waals surface area contributed by atoms with Crippen molar-refractivity contribution in [2.75, 3.05) is 0 Å². The van der Waals surface area contributed by atoms with Crippen molar-refractivity contribution in [2.45, 2.75) is 0 Å². The Kier molecular flexibility index (Phi) is 4.53. The van der Waals surface area contributed by atoms with Crippen LogP contribution in [0.25, 0.3) is 55.1 Å². The second-order valence-corrected chi connectivity index (χ2v) is 8.22. The lowest BCUT2D eigenvalue weighted by Gasteiger charge is -2.13. The zero-order chi connectivity index (χ0) is 24.1. The summed E-state index contributed by atoms with van der Waals surface area (Å²) in [7, 11) is 0. The predicted octanol–water partition coefficient (Wildman–Crippen LogP) is 7.02. The maximum Gasteiger partial charge on any atom is 0.269 e. The van der Waals surface area contributed by atoms with Gasteiger partial charge in [0.05, 0.1) is 20.9 Å². The number of H-pyrrole nitrogens is 1. The standard InChI is InChI=1S/C27H16N4O4/c32-30(33)18-9-5-16(6-10-18)21-15-25(17-7-11-19(12-8-17)31(34)35)29-24-14-13-23-26(27(21)24)20-3-1-2-4-22(20)28-23/h1-15,29H. The van der Waals surface area contributed by atoms with Crippen LogP contribution in [0.4, 0.5) is 11.4 Å². The molecular formula is C27H16N4O4. The van der Waals surface area contributed by atoms with E-state index in [1.807, 2.05) is 42.5 Å². The number of aromatic amines is 1. The van der Waals surface area contributed by atoms with Gasteiger partial charge in [0.1, 0.15) is 0 Å². The molecule has 0 unspecified atom stereocenters. The number of aromatic nitrogens is 2. The molecule has 0 aliphatic rings. The van der Waals surface area contributed by atoms with Gasteiger partial charge in [0.2, 0.25) is 0 Å². The minimum absolute atomic E-state index is 0.0150. The van der Waals surface area contributed by atoms with E-state index in [0.29, 0.717) is 0 Å². The van der Waals surface area contributed by atoms with Crippen LogP contribution in [0.3, 0.4) is 0 Å². The van der Waals surface area contributed by atoms with Gasteiger partial charge in [0.15, 0.2) is 0 Å². The van der Waals surface area contributed by atoms with Crippen LogP contribution >= 0.6 is 0 Å². The molecule has 2 aromatic heterocycles. The Hall–Kier alpha value is -5.11. The number of nitrogens with zero attached hydrogens (tertiary/aromatic N) is 3. The van der Waals surface area contributed by atoms with Gasteiger partial charge in [-0.25, -0.2) is 4.98 Å². The number of fused-ring (bicyclic) bond motifs is 5. The molecular weight excluding hydrogens is 444 g/mol. The molecule has 6 rings (SSSR count). The molecule has 0 saturated carbocycles. The van der Waals surface area contributed by atoms with Crippen LogP contribution in [-0.2, 0) is 0 Å². The Morgan fingerprint density at radius 1 is 0.657 bits per heavy atom. The molecule has 0 aliphatic heterocycles. The number of nitro groups is 2. The summed E-state index contributed by atoms with van der Waals surface area (Å²) in [6.07, 6.45) is 0. The number of hydrogen-bond donors (Lipinski definition) is 1. The summed E-state index contributed by atoms with van der Waals surface area (Å²) in [5, 5.41) is 25.3. The Labute approximate surface area is 197 Å². The fourth-order valence-electron chi connectivity index (χ4n) is 4.56. The molecule has 4 aromatic carbocycles. The molecule has 8 heteroatoms. The Bertz CT molecular complexity index is 1790. The van der Waals surface area contributed by atoms with E-state index < -0.39 is 9.85 Å². The van der Waals surface area contributed by atoms with E-state index in [1.54, 1.807) is 24.3 Å². The number of non-ortho nitro benzene ring substituents is 2. The summed E-state index contributed by atoms with van der Waals surface area (Å²) < 4.78 is 0. The molecule has 6 aromatic rings. The molecule has 8 nitrogen and oxygen atoms in total. The molecule has 168 valence electrons. The Balaban J connectivity index is 1.68. The summed E-state index contributed by atoms with van der Waals surface area (Å²) in [6, 6.07) is 26.6. The average Bonchev–Trinajstić information content (AvgIpc) is 3.27. The predicted molar refractivity (Wildman–Crippen MR) is 135 cm³/mol. The van der Waals surface area contributed by atoms with Crippen molar-refractivity contribution in [3.63, 3.8) is 0 Å². The van der Waals surface area contributed by atoms with Crippen molar-refractivity contribution in [2.24, 2.45) is 0 Å². The van der Waals surface area contributed by atoms with Gasteiger partial charge in [-0.05, 0) is 65.2 Å². The van der Waals surface area contributed by atoms with E-state index in [2.05, 4.69) is 4.98 Å². The van der Waals surface area contributed by atoms with E-state index in [9.17, 15) is 20.2 Å². The quantitative estimate of drug-likeness (QED) is 0.224. The van der Waals surface area contributed by atoms with Crippen LogP contribution in [0, 0.1) is 20.2 Å². The van der Waals surface area contributed by atoms with E-state index in [4.69, 9.17) is 4.98 Å². The first-order chi connectivity index (χ1) is 17.0. The highest BCUT2D eigenvalue weighted by Gasteiger charge is 2.17. The summed E-state index contributed by atoms with van der Waals surface area (Å²) in [5.74, 6) is 0. The van der Waals surface area contributed by atoms with Crippen molar-refractivity contribution < 1.29 is 9.85 Å². The number of rotatable bonds is 4. The van der Waals surface area contributed by atoms with Gasteiger partial charge < -0.3 is 4.98 Å². The molecule has 0 bridgehead atoms. The van der Waals surface area contributed by atoms with Gasteiger partial charge in [-0.1, -0.05) is 18.2 Å². The largest absolute Gasteiger partial charge is 0.354 e. The van der Waals surface area contributed by atoms with Crippen molar-refractivity contribution in [3.05, 3.63) is 111 Å². The second-order valence-electron chi connectivity index (χ2n) is 8.22. The van der Waals surface area contributed by atoms with Crippen LogP contribution in [0.1, 0.15) is 0 Å². The number of benzene rings is 4. The lowest BCUT2D eigenvalue weighted by atomic mass is 9.95. The summed E-state index contributed by atoms with van der Waals surface area (Å²) in [5.41, 5.74) is 5.89. The molecule has 0 radical (unpaired) electrons. The van der Waals surface area contributed by atoms with Crippen LogP contribution in [0.15, 0.2) is 91.0 Å². The highest BCUT2D eigenvalue weighted by Crippen LogP contribution is 2.40. The molecule has 0 amide bonds. The molecule has 0 atom stereocenters. The Morgan fingerprint density at radius 2 is 1.29 bits per heavy atom. The van der Waals surface area contributed by atoms with Crippen molar-refractivity contribution >= 4 is 44.1 Å². The third-order valence-corrected chi connectivity index (χ3v) is 6.20. The van der Waals surface area contributed by atoms with Crippen molar-refractivity contribution in [1.82, 2.24) is 9.97 Å².